The lowest BCUT2D eigenvalue weighted by Gasteiger charge is -2.12. The second-order valence-electron chi connectivity index (χ2n) is 7.36. The van der Waals surface area contributed by atoms with E-state index in [0.717, 1.165) is 41.9 Å². The molecule has 0 radical (unpaired) electrons. The summed E-state index contributed by atoms with van der Waals surface area (Å²) in [7, 11) is 0. The first-order valence-electron chi connectivity index (χ1n) is 10.6. The highest BCUT2D eigenvalue weighted by Crippen LogP contribution is 2.30. The van der Waals surface area contributed by atoms with Gasteiger partial charge in [-0.2, -0.15) is 10.2 Å². The number of aromatic nitrogens is 3. The van der Waals surface area contributed by atoms with Gasteiger partial charge >= 0.3 is 0 Å². The average Bonchev–Trinajstić information content (AvgIpc) is 2.83. The molecule has 4 rings (SSSR count). The molecule has 2 aromatic heterocycles. The largest absolute Gasteiger partial charge is 0.492 e. The van der Waals surface area contributed by atoms with Gasteiger partial charge in [-0.15, -0.1) is 0 Å². The van der Waals surface area contributed by atoms with Gasteiger partial charge in [-0.05, 0) is 62.0 Å². The van der Waals surface area contributed by atoms with Crippen molar-refractivity contribution < 1.29 is 9.13 Å². The van der Waals surface area contributed by atoms with Gasteiger partial charge in [-0.25, -0.2) is 4.39 Å². The fourth-order valence-corrected chi connectivity index (χ4v) is 3.51. The van der Waals surface area contributed by atoms with Crippen LogP contribution in [-0.2, 0) is 0 Å². The molecule has 4 aromatic rings. The van der Waals surface area contributed by atoms with E-state index in [2.05, 4.69) is 25.8 Å². The number of pyridine rings is 1. The van der Waals surface area contributed by atoms with Gasteiger partial charge in [0.15, 0.2) is 0 Å². The number of nitrogens with zero attached hydrogens (tertiary/aromatic N) is 3. The fourth-order valence-electron chi connectivity index (χ4n) is 3.34. The van der Waals surface area contributed by atoms with Crippen LogP contribution in [0.2, 0.25) is 5.02 Å². The van der Waals surface area contributed by atoms with Crippen molar-refractivity contribution in [2.45, 2.75) is 6.42 Å². The van der Waals surface area contributed by atoms with Gasteiger partial charge < -0.3 is 21.1 Å². The summed E-state index contributed by atoms with van der Waals surface area (Å²) in [6, 6.07) is 13.7. The number of ether oxygens (including phenoxy) is 1. The lowest BCUT2D eigenvalue weighted by molar-refractivity contribution is 0.314. The number of halogens is 2. The Kier molecular flexibility index (Phi) is 7.62. The highest BCUT2D eigenvalue weighted by atomic mass is 35.5. The Bertz CT molecular complexity index is 1240. The van der Waals surface area contributed by atoms with Gasteiger partial charge in [0.25, 0.3) is 0 Å². The molecule has 0 saturated heterocycles. The van der Waals surface area contributed by atoms with Crippen molar-refractivity contribution in [1.82, 2.24) is 20.5 Å². The van der Waals surface area contributed by atoms with E-state index in [1.54, 1.807) is 18.5 Å². The summed E-state index contributed by atoms with van der Waals surface area (Å²) in [4.78, 5) is 4.46. The Morgan fingerprint density at radius 3 is 2.85 bits per heavy atom. The number of rotatable bonds is 10. The molecule has 0 saturated carbocycles. The summed E-state index contributed by atoms with van der Waals surface area (Å²) in [5.74, 6) is 0.333. The van der Waals surface area contributed by atoms with Crippen molar-refractivity contribution in [1.29, 1.82) is 0 Å². The maximum Gasteiger partial charge on any atom is 0.132 e. The van der Waals surface area contributed by atoms with Crippen molar-refractivity contribution in [2.24, 2.45) is 5.73 Å². The molecule has 0 fully saturated rings. The molecule has 0 bridgehead atoms. The lowest BCUT2D eigenvalue weighted by Crippen LogP contribution is -2.23. The van der Waals surface area contributed by atoms with Crippen LogP contribution in [0.4, 0.5) is 15.8 Å². The van der Waals surface area contributed by atoms with E-state index in [1.807, 2.05) is 24.3 Å². The van der Waals surface area contributed by atoms with E-state index in [4.69, 9.17) is 22.1 Å². The SMILES string of the molecule is NCCCNCCOc1ccc2c(Nc3cnnc(-c4cc(Cl)ccc4F)c3)ccnc2c1. The van der Waals surface area contributed by atoms with Crippen LogP contribution in [0, 0.1) is 5.82 Å². The van der Waals surface area contributed by atoms with Crippen molar-refractivity contribution in [3.63, 3.8) is 0 Å². The highest BCUT2D eigenvalue weighted by Gasteiger charge is 2.10. The minimum Gasteiger partial charge on any atom is -0.492 e. The molecule has 4 N–H and O–H groups in total. The highest BCUT2D eigenvalue weighted by molar-refractivity contribution is 6.30. The molecule has 33 heavy (non-hydrogen) atoms. The molecule has 0 unspecified atom stereocenters. The number of hydrogen-bond donors (Lipinski definition) is 3. The zero-order valence-electron chi connectivity index (χ0n) is 17.9. The molecule has 0 aliphatic rings. The second kappa shape index (κ2) is 11.0. The summed E-state index contributed by atoms with van der Waals surface area (Å²) >= 11 is 6.02. The standard InChI is InChI=1S/C24H24ClFN6O/c25-16-2-5-21(26)20(12-16)24-13-17(15-30-32-24)31-22-6-9-29-23-14-18(3-4-19(22)23)33-11-10-28-8-1-7-27/h2-6,9,12-15,28H,1,7-8,10-11,27H2,(H,29,31,32). The Hall–Kier alpha value is -3.33. The Balaban J connectivity index is 1.49. The topological polar surface area (TPSA) is 98.0 Å². The Morgan fingerprint density at radius 1 is 1.06 bits per heavy atom. The zero-order valence-corrected chi connectivity index (χ0v) is 18.6. The molecule has 0 spiro atoms. The first-order valence-corrected chi connectivity index (χ1v) is 11.0. The summed E-state index contributed by atoms with van der Waals surface area (Å²) in [6.07, 6.45) is 4.24. The molecule has 9 heteroatoms. The van der Waals surface area contributed by atoms with Gasteiger partial charge in [0.2, 0.25) is 0 Å². The minimum absolute atomic E-state index is 0.289. The molecule has 0 aliphatic carbocycles. The lowest BCUT2D eigenvalue weighted by atomic mass is 10.1. The number of hydrogen-bond acceptors (Lipinski definition) is 7. The van der Waals surface area contributed by atoms with E-state index in [-0.39, 0.29) is 5.56 Å². The van der Waals surface area contributed by atoms with Gasteiger partial charge in [0.05, 0.1) is 23.1 Å². The van der Waals surface area contributed by atoms with E-state index >= 15 is 0 Å². The van der Waals surface area contributed by atoms with E-state index < -0.39 is 5.82 Å². The van der Waals surface area contributed by atoms with E-state index in [9.17, 15) is 4.39 Å². The normalized spacial score (nSPS) is 11.0. The van der Waals surface area contributed by atoms with Crippen LogP contribution in [0.5, 0.6) is 5.75 Å². The Morgan fingerprint density at radius 2 is 1.97 bits per heavy atom. The molecule has 2 aromatic carbocycles. The quantitative estimate of drug-likeness (QED) is 0.295. The molecule has 2 heterocycles. The number of nitrogens with two attached hydrogens (primary N) is 1. The Labute approximate surface area is 196 Å². The van der Waals surface area contributed by atoms with Crippen LogP contribution >= 0.6 is 11.6 Å². The summed E-state index contributed by atoms with van der Waals surface area (Å²) < 4.78 is 20.1. The van der Waals surface area contributed by atoms with E-state index in [1.165, 1.54) is 18.2 Å². The number of nitrogens with one attached hydrogen (secondary N) is 2. The third-order valence-electron chi connectivity index (χ3n) is 4.96. The van der Waals surface area contributed by atoms with Crippen LogP contribution in [0.25, 0.3) is 22.2 Å². The van der Waals surface area contributed by atoms with Gasteiger partial charge in [-0.3, -0.25) is 4.98 Å². The van der Waals surface area contributed by atoms with Gasteiger partial charge in [-0.1, -0.05) is 11.6 Å². The van der Waals surface area contributed by atoms with Crippen LogP contribution in [0.15, 0.2) is 60.9 Å². The predicted molar refractivity (Wildman–Crippen MR) is 129 cm³/mol. The summed E-state index contributed by atoms with van der Waals surface area (Å²) in [6.45, 7) is 2.86. The molecule has 170 valence electrons. The zero-order chi connectivity index (χ0) is 23.0. The van der Waals surface area contributed by atoms with E-state index in [0.29, 0.717) is 29.6 Å². The second-order valence-corrected chi connectivity index (χ2v) is 7.79. The average molecular weight is 467 g/mol. The predicted octanol–water partition coefficient (Wildman–Crippen LogP) is 4.55. The van der Waals surface area contributed by atoms with Gasteiger partial charge in [0.1, 0.15) is 18.2 Å². The fraction of sp³-hybridized carbons (Fsp3) is 0.208. The van der Waals surface area contributed by atoms with Crippen molar-refractivity contribution >= 4 is 33.9 Å². The molecule has 0 amide bonds. The number of benzene rings is 2. The maximum atomic E-state index is 14.3. The van der Waals surface area contributed by atoms with Crippen molar-refractivity contribution in [3.8, 4) is 17.0 Å². The van der Waals surface area contributed by atoms with Crippen LogP contribution < -0.4 is 21.1 Å². The molecule has 0 atom stereocenters. The van der Waals surface area contributed by atoms with Crippen molar-refractivity contribution in [3.05, 3.63) is 71.8 Å². The smallest absolute Gasteiger partial charge is 0.132 e. The third-order valence-corrected chi connectivity index (χ3v) is 5.19. The van der Waals surface area contributed by atoms with Crippen LogP contribution in [0.1, 0.15) is 6.42 Å². The minimum atomic E-state index is -0.415. The first-order chi connectivity index (χ1) is 16.1. The maximum absolute atomic E-state index is 14.3. The molecular weight excluding hydrogens is 443 g/mol. The van der Waals surface area contributed by atoms with Crippen LogP contribution in [-0.4, -0.2) is 41.4 Å². The van der Waals surface area contributed by atoms with Crippen LogP contribution in [0.3, 0.4) is 0 Å². The number of fused-ring (bicyclic) bond motifs is 1. The summed E-state index contributed by atoms with van der Waals surface area (Å²) in [5, 5.41) is 16.0. The summed E-state index contributed by atoms with van der Waals surface area (Å²) in [5.41, 5.74) is 8.44. The monoisotopic (exact) mass is 466 g/mol. The van der Waals surface area contributed by atoms with Crippen molar-refractivity contribution in [2.75, 3.05) is 31.6 Å². The molecule has 0 aliphatic heterocycles. The third kappa shape index (κ3) is 5.92. The molecular formula is C24H24ClFN6O. The molecule has 7 nitrogen and oxygen atoms in total. The number of anilines is 2. The first kappa shape index (κ1) is 22.8. The van der Waals surface area contributed by atoms with Gasteiger partial charge in [0, 0.05) is 40.5 Å².